The van der Waals surface area contributed by atoms with E-state index in [-0.39, 0.29) is 12.3 Å². The van der Waals surface area contributed by atoms with Gasteiger partial charge in [-0.2, -0.15) is 0 Å². The summed E-state index contributed by atoms with van der Waals surface area (Å²) in [4.78, 5) is 39.7. The molecular weight excluding hydrogens is 355 g/mol. The van der Waals surface area contributed by atoms with E-state index < -0.39 is 23.8 Å². The minimum absolute atomic E-state index is 0.351. The van der Waals surface area contributed by atoms with E-state index in [4.69, 9.17) is 11.6 Å². The monoisotopic (exact) mass is 366 g/mol. The second kappa shape index (κ2) is 6.33. The first-order valence-electron chi connectivity index (χ1n) is 7.07. The highest BCUT2D eigenvalue weighted by Gasteiger charge is 2.44. The summed E-state index contributed by atoms with van der Waals surface area (Å²) >= 11 is 6.89. The SMILES string of the molecule is C[C@H]1C(=O)N(CC(=O)c2ccc(Cl)s2)C(=O)N1c1ccc(F)cc1. The number of carbonyl (C=O) groups is 3. The van der Waals surface area contributed by atoms with Crippen molar-refractivity contribution in [3.63, 3.8) is 0 Å². The standard InChI is InChI=1S/C16H12ClFN2O3S/c1-9-15(22)19(8-12(21)13-6-7-14(17)24-13)16(23)20(9)11-4-2-10(18)3-5-11/h2-7,9H,8H2,1H3/t9-/m0/s1. The van der Waals surface area contributed by atoms with Gasteiger partial charge in [0.2, 0.25) is 0 Å². The Bertz CT molecular complexity index is 821. The normalized spacial score (nSPS) is 17.7. The van der Waals surface area contributed by atoms with Crippen molar-refractivity contribution in [2.24, 2.45) is 0 Å². The van der Waals surface area contributed by atoms with Crippen LogP contribution in [-0.2, 0) is 4.79 Å². The molecule has 0 bridgehead atoms. The summed E-state index contributed by atoms with van der Waals surface area (Å²) < 4.78 is 13.5. The molecule has 124 valence electrons. The molecule has 0 unspecified atom stereocenters. The van der Waals surface area contributed by atoms with Crippen molar-refractivity contribution in [2.45, 2.75) is 13.0 Å². The highest BCUT2D eigenvalue weighted by Crippen LogP contribution is 2.27. The predicted octanol–water partition coefficient (Wildman–Crippen LogP) is 3.58. The number of halogens is 2. The number of benzene rings is 1. The molecule has 5 nitrogen and oxygen atoms in total. The van der Waals surface area contributed by atoms with Gasteiger partial charge in [0.05, 0.1) is 15.8 Å². The van der Waals surface area contributed by atoms with Gasteiger partial charge in [-0.15, -0.1) is 11.3 Å². The van der Waals surface area contributed by atoms with Crippen LogP contribution in [0.25, 0.3) is 0 Å². The van der Waals surface area contributed by atoms with Crippen LogP contribution in [0.15, 0.2) is 36.4 Å². The third kappa shape index (κ3) is 2.92. The molecule has 2 heterocycles. The summed E-state index contributed by atoms with van der Waals surface area (Å²) in [5.74, 6) is -1.27. The third-order valence-corrected chi connectivity index (χ3v) is 4.97. The molecule has 3 amide bonds. The number of Topliss-reactive ketones (excluding diaryl/α,β-unsaturated/α-hetero) is 1. The smallest absolute Gasteiger partial charge is 0.291 e. The number of amides is 3. The molecule has 1 aliphatic rings. The molecule has 2 aromatic rings. The number of anilines is 1. The van der Waals surface area contributed by atoms with Crippen molar-refractivity contribution < 1.29 is 18.8 Å². The van der Waals surface area contributed by atoms with Gasteiger partial charge in [-0.3, -0.25) is 19.4 Å². The van der Waals surface area contributed by atoms with E-state index in [1.807, 2.05) is 0 Å². The Balaban J connectivity index is 1.82. The molecule has 0 N–H and O–H groups in total. The van der Waals surface area contributed by atoms with Gasteiger partial charge in [-0.25, -0.2) is 9.18 Å². The van der Waals surface area contributed by atoms with Gasteiger partial charge in [0, 0.05) is 5.69 Å². The Labute approximate surface area is 146 Å². The molecule has 1 aromatic carbocycles. The van der Waals surface area contributed by atoms with Crippen LogP contribution in [0.2, 0.25) is 4.34 Å². The number of imide groups is 1. The molecule has 1 aliphatic heterocycles. The number of thiophene rings is 1. The van der Waals surface area contributed by atoms with Crippen LogP contribution in [0.1, 0.15) is 16.6 Å². The lowest BCUT2D eigenvalue weighted by Gasteiger charge is -2.19. The summed E-state index contributed by atoms with van der Waals surface area (Å²) in [6.07, 6.45) is 0. The minimum Gasteiger partial charge on any atom is -0.291 e. The largest absolute Gasteiger partial charge is 0.332 e. The summed E-state index contributed by atoms with van der Waals surface area (Å²) in [6, 6.07) is 7.03. The lowest BCUT2D eigenvalue weighted by atomic mass is 10.2. The van der Waals surface area contributed by atoms with E-state index in [9.17, 15) is 18.8 Å². The first-order valence-corrected chi connectivity index (χ1v) is 8.26. The summed E-state index contributed by atoms with van der Waals surface area (Å²) in [5.41, 5.74) is 0.399. The van der Waals surface area contributed by atoms with Crippen molar-refractivity contribution in [3.8, 4) is 0 Å². The van der Waals surface area contributed by atoms with Crippen molar-refractivity contribution in [1.82, 2.24) is 4.90 Å². The van der Waals surface area contributed by atoms with Gasteiger partial charge in [0.15, 0.2) is 5.78 Å². The lowest BCUT2D eigenvalue weighted by Crippen LogP contribution is -2.36. The van der Waals surface area contributed by atoms with Crippen LogP contribution in [0.5, 0.6) is 0 Å². The molecular formula is C16H12ClFN2O3S. The van der Waals surface area contributed by atoms with Crippen molar-refractivity contribution in [2.75, 3.05) is 11.4 Å². The van der Waals surface area contributed by atoms with Gasteiger partial charge in [0.25, 0.3) is 5.91 Å². The molecule has 1 fully saturated rings. The number of carbonyl (C=O) groups excluding carboxylic acids is 3. The number of ketones is 1. The number of hydrogen-bond donors (Lipinski definition) is 0. The second-order valence-electron chi connectivity index (χ2n) is 5.26. The zero-order valence-corrected chi connectivity index (χ0v) is 14.1. The Morgan fingerprint density at radius 2 is 1.88 bits per heavy atom. The summed E-state index contributed by atoms with van der Waals surface area (Å²) in [5, 5.41) is 0. The third-order valence-electron chi connectivity index (χ3n) is 3.70. The first-order chi connectivity index (χ1) is 11.4. The maximum absolute atomic E-state index is 13.0. The zero-order valence-electron chi connectivity index (χ0n) is 12.5. The Hall–Kier alpha value is -2.25. The fraction of sp³-hybridized carbons (Fsp3) is 0.188. The van der Waals surface area contributed by atoms with E-state index in [1.165, 1.54) is 29.2 Å². The van der Waals surface area contributed by atoms with Gasteiger partial charge in [0.1, 0.15) is 11.9 Å². The minimum atomic E-state index is -0.761. The average Bonchev–Trinajstić information content (AvgIpc) is 3.07. The molecule has 0 saturated carbocycles. The predicted molar refractivity (Wildman–Crippen MR) is 89.1 cm³/mol. The van der Waals surface area contributed by atoms with E-state index >= 15 is 0 Å². The van der Waals surface area contributed by atoms with Crippen LogP contribution >= 0.6 is 22.9 Å². The summed E-state index contributed by atoms with van der Waals surface area (Å²) in [6.45, 7) is 1.21. The van der Waals surface area contributed by atoms with E-state index in [0.29, 0.717) is 14.9 Å². The van der Waals surface area contributed by atoms with E-state index in [2.05, 4.69) is 0 Å². The molecule has 0 aliphatic carbocycles. The van der Waals surface area contributed by atoms with Gasteiger partial charge in [-0.1, -0.05) is 11.6 Å². The van der Waals surface area contributed by atoms with Crippen molar-refractivity contribution in [1.29, 1.82) is 0 Å². The Kier molecular flexibility index (Phi) is 4.38. The van der Waals surface area contributed by atoms with Gasteiger partial charge in [-0.05, 0) is 43.3 Å². The fourth-order valence-corrected chi connectivity index (χ4v) is 3.47. The molecule has 24 heavy (non-hydrogen) atoms. The second-order valence-corrected chi connectivity index (χ2v) is 6.97. The average molecular weight is 367 g/mol. The number of rotatable bonds is 4. The van der Waals surface area contributed by atoms with Gasteiger partial charge < -0.3 is 0 Å². The molecule has 1 saturated heterocycles. The molecule has 0 spiro atoms. The highest BCUT2D eigenvalue weighted by atomic mass is 35.5. The topological polar surface area (TPSA) is 57.7 Å². The van der Waals surface area contributed by atoms with E-state index in [0.717, 1.165) is 16.2 Å². The summed E-state index contributed by atoms with van der Waals surface area (Å²) in [7, 11) is 0. The van der Waals surface area contributed by atoms with Crippen LogP contribution in [0.4, 0.5) is 14.9 Å². The van der Waals surface area contributed by atoms with Crippen molar-refractivity contribution >= 4 is 46.3 Å². The van der Waals surface area contributed by atoms with Crippen LogP contribution in [-0.4, -0.2) is 35.2 Å². The molecule has 1 aromatic heterocycles. The molecule has 3 rings (SSSR count). The van der Waals surface area contributed by atoms with E-state index in [1.54, 1.807) is 19.1 Å². The lowest BCUT2D eigenvalue weighted by molar-refractivity contribution is -0.126. The zero-order chi connectivity index (χ0) is 17.4. The maximum atomic E-state index is 13.0. The quantitative estimate of drug-likeness (QED) is 0.614. The number of nitrogens with zero attached hydrogens (tertiary/aromatic N) is 2. The molecule has 8 heteroatoms. The van der Waals surface area contributed by atoms with Crippen LogP contribution in [0.3, 0.4) is 0 Å². The van der Waals surface area contributed by atoms with Crippen molar-refractivity contribution in [3.05, 3.63) is 51.4 Å². The van der Waals surface area contributed by atoms with Crippen LogP contribution < -0.4 is 4.90 Å². The van der Waals surface area contributed by atoms with Crippen LogP contribution in [0, 0.1) is 5.82 Å². The Morgan fingerprint density at radius 3 is 2.46 bits per heavy atom. The first kappa shape index (κ1) is 16.6. The molecule has 0 radical (unpaired) electrons. The van der Waals surface area contributed by atoms with Gasteiger partial charge >= 0.3 is 6.03 Å². The number of urea groups is 1. The maximum Gasteiger partial charge on any atom is 0.332 e. The highest BCUT2D eigenvalue weighted by molar-refractivity contribution is 7.18. The Morgan fingerprint density at radius 1 is 1.21 bits per heavy atom. The fourth-order valence-electron chi connectivity index (χ4n) is 2.49. The molecule has 1 atom stereocenters. The number of hydrogen-bond acceptors (Lipinski definition) is 4.